The summed E-state index contributed by atoms with van der Waals surface area (Å²) in [6, 6.07) is 0. The van der Waals surface area contributed by atoms with Crippen molar-refractivity contribution >= 4 is 11.9 Å². The molecular weight excluding hydrogens is 210 g/mol. The molecule has 5 heteroatoms. The quantitative estimate of drug-likeness (QED) is 0.755. The molecule has 0 bridgehead atoms. The summed E-state index contributed by atoms with van der Waals surface area (Å²) in [4.78, 5) is 24.1. The molecule has 0 aromatic carbocycles. The Labute approximate surface area is 95.4 Å². The van der Waals surface area contributed by atoms with Crippen LogP contribution in [-0.4, -0.2) is 47.7 Å². The molecule has 1 atom stereocenters. The molecule has 92 valence electrons. The van der Waals surface area contributed by atoms with Gasteiger partial charge in [0.2, 0.25) is 0 Å². The first-order chi connectivity index (χ1) is 7.42. The van der Waals surface area contributed by atoms with Crippen molar-refractivity contribution in [2.75, 3.05) is 20.2 Å². The van der Waals surface area contributed by atoms with Crippen molar-refractivity contribution in [3.63, 3.8) is 0 Å². The van der Waals surface area contributed by atoms with Crippen molar-refractivity contribution in [1.29, 1.82) is 0 Å². The lowest BCUT2D eigenvalue weighted by molar-refractivity contribution is -0.161. The van der Waals surface area contributed by atoms with Crippen LogP contribution >= 0.6 is 0 Å². The summed E-state index contributed by atoms with van der Waals surface area (Å²) in [6.45, 7) is 4.73. The number of aliphatic carboxylic acids is 1. The third-order valence-electron chi connectivity index (χ3n) is 3.29. The molecule has 1 amide bonds. The lowest BCUT2D eigenvalue weighted by Gasteiger charge is -2.42. The summed E-state index contributed by atoms with van der Waals surface area (Å²) in [5, 5.41) is 8.60. The van der Waals surface area contributed by atoms with Gasteiger partial charge in [-0.3, -0.25) is 9.59 Å². The van der Waals surface area contributed by atoms with E-state index in [-0.39, 0.29) is 18.2 Å². The first-order valence-corrected chi connectivity index (χ1v) is 5.49. The van der Waals surface area contributed by atoms with Gasteiger partial charge in [0, 0.05) is 26.1 Å². The number of hydrogen-bond donors (Lipinski definition) is 1. The SMILES string of the molecule is CCC(C)(OC)C(=O)N1CC(CC(=O)O)C1. The number of carboxylic acid groups (broad SMARTS) is 1. The predicted octanol–water partition coefficient (Wildman–Crippen LogP) is 0.735. The maximum absolute atomic E-state index is 12.0. The summed E-state index contributed by atoms with van der Waals surface area (Å²) in [7, 11) is 1.52. The van der Waals surface area contributed by atoms with Crippen molar-refractivity contribution in [2.24, 2.45) is 5.92 Å². The van der Waals surface area contributed by atoms with Crippen LogP contribution in [0.5, 0.6) is 0 Å². The first kappa shape index (κ1) is 13.0. The fourth-order valence-corrected chi connectivity index (χ4v) is 1.83. The van der Waals surface area contributed by atoms with Crippen LogP contribution < -0.4 is 0 Å². The Kier molecular flexibility index (Phi) is 3.91. The first-order valence-electron chi connectivity index (χ1n) is 5.49. The smallest absolute Gasteiger partial charge is 0.303 e. The molecule has 1 saturated heterocycles. The number of nitrogens with zero attached hydrogens (tertiary/aromatic N) is 1. The third kappa shape index (κ3) is 2.52. The van der Waals surface area contributed by atoms with Crippen LogP contribution in [-0.2, 0) is 14.3 Å². The molecule has 0 aromatic rings. The van der Waals surface area contributed by atoms with Crippen molar-refractivity contribution in [3.05, 3.63) is 0 Å². The number of rotatable bonds is 5. The third-order valence-corrected chi connectivity index (χ3v) is 3.29. The molecule has 16 heavy (non-hydrogen) atoms. The van der Waals surface area contributed by atoms with Gasteiger partial charge in [-0.15, -0.1) is 0 Å². The molecule has 1 aliphatic rings. The maximum Gasteiger partial charge on any atom is 0.303 e. The molecule has 1 rings (SSSR count). The standard InChI is InChI=1S/C11H19NO4/c1-4-11(2,16-3)10(15)12-6-8(7-12)5-9(13)14/h8H,4-7H2,1-3H3,(H,13,14). The van der Waals surface area contributed by atoms with E-state index in [0.717, 1.165) is 0 Å². The van der Waals surface area contributed by atoms with Crippen LogP contribution in [0.25, 0.3) is 0 Å². The number of likely N-dealkylation sites (tertiary alicyclic amines) is 1. The van der Waals surface area contributed by atoms with E-state index < -0.39 is 11.6 Å². The molecular formula is C11H19NO4. The van der Waals surface area contributed by atoms with Gasteiger partial charge in [-0.1, -0.05) is 6.92 Å². The molecule has 0 aliphatic carbocycles. The van der Waals surface area contributed by atoms with Crippen LogP contribution in [0, 0.1) is 5.92 Å². The second kappa shape index (κ2) is 4.82. The highest BCUT2D eigenvalue weighted by molar-refractivity contribution is 5.85. The Balaban J connectivity index is 2.45. The number of carbonyl (C=O) groups excluding carboxylic acids is 1. The monoisotopic (exact) mass is 229 g/mol. The van der Waals surface area contributed by atoms with Gasteiger partial charge in [0.15, 0.2) is 0 Å². The van der Waals surface area contributed by atoms with E-state index in [4.69, 9.17) is 9.84 Å². The molecule has 0 radical (unpaired) electrons. The number of methoxy groups -OCH3 is 1. The second-order valence-corrected chi connectivity index (χ2v) is 4.46. The minimum atomic E-state index is -0.804. The van der Waals surface area contributed by atoms with E-state index in [1.165, 1.54) is 7.11 Å². The van der Waals surface area contributed by atoms with Gasteiger partial charge in [-0.05, 0) is 13.3 Å². The number of hydrogen-bond acceptors (Lipinski definition) is 3. The van der Waals surface area contributed by atoms with E-state index in [1.54, 1.807) is 11.8 Å². The summed E-state index contributed by atoms with van der Waals surface area (Å²) in [5.41, 5.74) is -0.770. The van der Waals surface area contributed by atoms with E-state index >= 15 is 0 Å². The van der Waals surface area contributed by atoms with Gasteiger partial charge in [0.05, 0.1) is 6.42 Å². The van der Waals surface area contributed by atoms with Crippen LogP contribution in [0.1, 0.15) is 26.7 Å². The zero-order chi connectivity index (χ0) is 12.3. The molecule has 1 fully saturated rings. The average molecular weight is 229 g/mol. The average Bonchev–Trinajstić information content (AvgIpc) is 2.20. The maximum atomic E-state index is 12.0. The Morgan fingerprint density at radius 1 is 1.50 bits per heavy atom. The van der Waals surface area contributed by atoms with E-state index in [2.05, 4.69) is 0 Å². The highest BCUT2D eigenvalue weighted by Gasteiger charge is 2.41. The zero-order valence-electron chi connectivity index (χ0n) is 10.0. The van der Waals surface area contributed by atoms with E-state index in [1.807, 2.05) is 6.92 Å². The van der Waals surface area contributed by atoms with E-state index in [0.29, 0.717) is 19.5 Å². The summed E-state index contributed by atoms with van der Waals surface area (Å²) in [5.74, 6) is -0.749. The highest BCUT2D eigenvalue weighted by Crippen LogP contribution is 2.25. The van der Waals surface area contributed by atoms with Gasteiger partial charge in [0.1, 0.15) is 5.60 Å². The molecule has 0 saturated carbocycles. The van der Waals surface area contributed by atoms with E-state index in [9.17, 15) is 9.59 Å². The van der Waals surface area contributed by atoms with Gasteiger partial charge < -0.3 is 14.7 Å². The minimum Gasteiger partial charge on any atom is -0.481 e. The normalized spacial score (nSPS) is 20.1. The number of ether oxygens (including phenoxy) is 1. The van der Waals surface area contributed by atoms with Crippen LogP contribution in [0.15, 0.2) is 0 Å². The number of carboxylic acids is 1. The Hall–Kier alpha value is -1.10. The lowest BCUT2D eigenvalue weighted by atomic mass is 9.92. The Bertz CT molecular complexity index is 280. The van der Waals surface area contributed by atoms with Crippen molar-refractivity contribution in [3.8, 4) is 0 Å². The molecule has 1 N–H and O–H groups in total. The van der Waals surface area contributed by atoms with Gasteiger partial charge >= 0.3 is 5.97 Å². The highest BCUT2D eigenvalue weighted by atomic mass is 16.5. The van der Waals surface area contributed by atoms with Crippen LogP contribution in [0.2, 0.25) is 0 Å². The van der Waals surface area contributed by atoms with Gasteiger partial charge in [0.25, 0.3) is 5.91 Å². The molecule has 1 aliphatic heterocycles. The van der Waals surface area contributed by atoms with Crippen LogP contribution in [0.4, 0.5) is 0 Å². The Morgan fingerprint density at radius 2 is 2.06 bits per heavy atom. The fourth-order valence-electron chi connectivity index (χ4n) is 1.83. The van der Waals surface area contributed by atoms with Crippen molar-refractivity contribution in [1.82, 2.24) is 4.90 Å². The predicted molar refractivity (Wildman–Crippen MR) is 58.0 cm³/mol. The summed E-state index contributed by atoms with van der Waals surface area (Å²) >= 11 is 0. The molecule has 0 aromatic heterocycles. The topological polar surface area (TPSA) is 66.8 Å². The molecule has 1 unspecified atom stereocenters. The number of amides is 1. The van der Waals surface area contributed by atoms with Crippen LogP contribution in [0.3, 0.4) is 0 Å². The molecule has 5 nitrogen and oxygen atoms in total. The van der Waals surface area contributed by atoms with Crippen molar-refractivity contribution < 1.29 is 19.4 Å². The fraction of sp³-hybridized carbons (Fsp3) is 0.818. The lowest BCUT2D eigenvalue weighted by Crippen LogP contribution is -2.57. The largest absolute Gasteiger partial charge is 0.481 e. The number of carbonyl (C=O) groups is 2. The zero-order valence-corrected chi connectivity index (χ0v) is 10.0. The van der Waals surface area contributed by atoms with Crippen molar-refractivity contribution in [2.45, 2.75) is 32.3 Å². The summed E-state index contributed by atoms with van der Waals surface area (Å²) in [6.07, 6.45) is 0.752. The second-order valence-electron chi connectivity index (χ2n) is 4.46. The summed E-state index contributed by atoms with van der Waals surface area (Å²) < 4.78 is 5.21. The minimum absolute atomic E-state index is 0.0425. The van der Waals surface area contributed by atoms with Gasteiger partial charge in [-0.25, -0.2) is 0 Å². The molecule has 0 spiro atoms. The van der Waals surface area contributed by atoms with Gasteiger partial charge in [-0.2, -0.15) is 0 Å². The molecule has 1 heterocycles. The Morgan fingerprint density at radius 3 is 2.44 bits per heavy atom.